The Bertz CT molecular complexity index is 1190. The molecule has 2 heteroatoms. The molecule has 0 saturated heterocycles. The van der Waals surface area contributed by atoms with Crippen LogP contribution in [0.25, 0.3) is 0 Å². The molecule has 0 amide bonds. The van der Waals surface area contributed by atoms with Crippen molar-refractivity contribution < 1.29 is 4.74 Å². The lowest BCUT2D eigenvalue weighted by molar-refractivity contribution is 0.409. The molecular weight excluding hydrogens is 366 g/mol. The molecule has 1 atom stereocenters. The van der Waals surface area contributed by atoms with Crippen molar-refractivity contribution in [2.24, 2.45) is 0 Å². The molecule has 5 rings (SSSR count). The number of aryl methyl sites for hydroxylation is 2. The number of nitrogens with zero attached hydrogens (tertiary/aromatic N) is 1. The molecule has 148 valence electrons. The fourth-order valence-electron chi connectivity index (χ4n) is 4.85. The Morgan fingerprint density at radius 3 is 2.00 bits per heavy atom. The minimum Gasteiger partial charge on any atom is -0.496 e. The van der Waals surface area contributed by atoms with Gasteiger partial charge in [0, 0.05) is 17.2 Å². The number of anilines is 3. The lowest BCUT2D eigenvalue weighted by Crippen LogP contribution is -2.23. The Kier molecular flexibility index (Phi) is 4.55. The van der Waals surface area contributed by atoms with Gasteiger partial charge >= 0.3 is 0 Å². The second kappa shape index (κ2) is 7.38. The quantitative estimate of drug-likeness (QED) is 0.320. The van der Waals surface area contributed by atoms with Crippen LogP contribution in [-0.4, -0.2) is 7.11 Å². The Morgan fingerprint density at radius 1 is 0.633 bits per heavy atom. The van der Waals surface area contributed by atoms with Gasteiger partial charge < -0.3 is 9.64 Å². The minimum absolute atomic E-state index is 0.119. The lowest BCUT2D eigenvalue weighted by atomic mass is 9.76. The van der Waals surface area contributed by atoms with Gasteiger partial charge in [0.1, 0.15) is 5.75 Å². The van der Waals surface area contributed by atoms with Crippen LogP contribution in [-0.2, 0) is 0 Å². The first kappa shape index (κ1) is 18.5. The first-order chi connectivity index (χ1) is 14.7. The zero-order valence-electron chi connectivity index (χ0n) is 17.6. The Hall–Kier alpha value is -3.52. The van der Waals surface area contributed by atoms with E-state index >= 15 is 0 Å². The predicted molar refractivity (Wildman–Crippen MR) is 125 cm³/mol. The van der Waals surface area contributed by atoms with E-state index < -0.39 is 0 Å². The van der Waals surface area contributed by atoms with Crippen LogP contribution in [0.5, 0.6) is 5.75 Å². The van der Waals surface area contributed by atoms with Crippen molar-refractivity contribution in [3.05, 3.63) is 119 Å². The molecule has 0 bridgehead atoms. The number of rotatable bonds is 3. The van der Waals surface area contributed by atoms with Crippen molar-refractivity contribution in [2.75, 3.05) is 12.0 Å². The third-order valence-corrected chi connectivity index (χ3v) is 6.13. The van der Waals surface area contributed by atoms with E-state index in [1.54, 1.807) is 7.11 Å². The van der Waals surface area contributed by atoms with E-state index in [-0.39, 0.29) is 5.92 Å². The van der Waals surface area contributed by atoms with E-state index in [0.717, 1.165) is 11.4 Å². The molecule has 1 aliphatic heterocycles. The molecular formula is C28H25NO. The standard InChI is InChI=1S/C28H25NO/c1-19-11-9-12-20(2)26(19)27-22-15-7-8-16-23(22)29(21-13-5-4-6-14-21)24-17-10-18-25(30-3)28(24)27/h4-18,27H,1-3H3. The van der Waals surface area contributed by atoms with E-state index in [1.807, 2.05) is 0 Å². The molecule has 0 N–H and O–H groups in total. The average Bonchev–Trinajstić information content (AvgIpc) is 2.78. The fraction of sp³-hybridized carbons (Fsp3) is 0.143. The average molecular weight is 392 g/mol. The van der Waals surface area contributed by atoms with Gasteiger partial charge in [-0.2, -0.15) is 0 Å². The molecule has 1 aliphatic rings. The summed E-state index contributed by atoms with van der Waals surface area (Å²) in [5, 5.41) is 0. The number of hydrogen-bond donors (Lipinski definition) is 0. The maximum atomic E-state index is 5.92. The summed E-state index contributed by atoms with van der Waals surface area (Å²) in [6.07, 6.45) is 0. The van der Waals surface area contributed by atoms with Crippen LogP contribution >= 0.6 is 0 Å². The highest BCUT2D eigenvalue weighted by atomic mass is 16.5. The molecule has 0 aliphatic carbocycles. The molecule has 1 unspecified atom stereocenters. The summed E-state index contributed by atoms with van der Waals surface area (Å²) in [6, 6.07) is 32.3. The molecule has 0 aromatic heterocycles. The Labute approximate surface area is 178 Å². The van der Waals surface area contributed by atoms with Crippen LogP contribution in [0.2, 0.25) is 0 Å². The number of hydrogen-bond acceptors (Lipinski definition) is 2. The van der Waals surface area contributed by atoms with E-state index in [2.05, 4.69) is 110 Å². The summed E-state index contributed by atoms with van der Waals surface area (Å²) in [6.45, 7) is 4.42. The SMILES string of the molecule is COc1cccc2c1C(c1c(C)cccc1C)c1ccccc1N2c1ccccc1. The summed E-state index contributed by atoms with van der Waals surface area (Å²) in [5.41, 5.74) is 10.0. The van der Waals surface area contributed by atoms with Crippen molar-refractivity contribution in [2.45, 2.75) is 19.8 Å². The van der Waals surface area contributed by atoms with Crippen molar-refractivity contribution in [1.29, 1.82) is 0 Å². The summed E-state index contributed by atoms with van der Waals surface area (Å²) >= 11 is 0. The summed E-state index contributed by atoms with van der Waals surface area (Å²) < 4.78 is 5.92. The van der Waals surface area contributed by atoms with E-state index in [9.17, 15) is 0 Å². The summed E-state index contributed by atoms with van der Waals surface area (Å²) in [5.74, 6) is 1.05. The Balaban J connectivity index is 1.88. The second-order valence-electron chi connectivity index (χ2n) is 7.86. The van der Waals surface area contributed by atoms with Crippen LogP contribution in [0.4, 0.5) is 17.1 Å². The lowest BCUT2D eigenvalue weighted by Gasteiger charge is -2.39. The van der Waals surface area contributed by atoms with Gasteiger partial charge in [0.05, 0.1) is 18.5 Å². The maximum absolute atomic E-state index is 5.92. The molecule has 30 heavy (non-hydrogen) atoms. The van der Waals surface area contributed by atoms with Crippen LogP contribution < -0.4 is 9.64 Å². The van der Waals surface area contributed by atoms with Gasteiger partial charge in [-0.05, 0) is 66.4 Å². The van der Waals surface area contributed by atoms with Crippen molar-refractivity contribution in [3.63, 3.8) is 0 Å². The molecule has 0 saturated carbocycles. The van der Waals surface area contributed by atoms with Gasteiger partial charge in [-0.1, -0.05) is 60.7 Å². The highest BCUT2D eigenvalue weighted by molar-refractivity contribution is 5.87. The van der Waals surface area contributed by atoms with E-state index in [0.29, 0.717) is 0 Å². The topological polar surface area (TPSA) is 12.5 Å². The first-order valence-electron chi connectivity index (χ1n) is 10.4. The third-order valence-electron chi connectivity index (χ3n) is 6.13. The van der Waals surface area contributed by atoms with Crippen LogP contribution in [0.1, 0.15) is 33.7 Å². The smallest absolute Gasteiger partial charge is 0.125 e. The van der Waals surface area contributed by atoms with Crippen molar-refractivity contribution >= 4 is 17.1 Å². The van der Waals surface area contributed by atoms with Gasteiger partial charge in [-0.25, -0.2) is 0 Å². The number of benzene rings is 4. The monoisotopic (exact) mass is 391 g/mol. The second-order valence-corrected chi connectivity index (χ2v) is 7.86. The fourth-order valence-corrected chi connectivity index (χ4v) is 4.85. The summed E-state index contributed by atoms with van der Waals surface area (Å²) in [7, 11) is 1.77. The molecule has 1 heterocycles. The van der Waals surface area contributed by atoms with Crippen molar-refractivity contribution in [1.82, 2.24) is 0 Å². The van der Waals surface area contributed by atoms with Gasteiger partial charge in [0.2, 0.25) is 0 Å². The molecule has 0 spiro atoms. The summed E-state index contributed by atoms with van der Waals surface area (Å²) in [4.78, 5) is 2.36. The van der Waals surface area contributed by atoms with Crippen LogP contribution in [0.15, 0.2) is 91.0 Å². The maximum Gasteiger partial charge on any atom is 0.125 e. The largest absolute Gasteiger partial charge is 0.496 e. The zero-order chi connectivity index (χ0) is 20.7. The first-order valence-corrected chi connectivity index (χ1v) is 10.4. The highest BCUT2D eigenvalue weighted by Gasteiger charge is 2.35. The van der Waals surface area contributed by atoms with E-state index in [1.165, 1.54) is 39.2 Å². The molecule has 4 aromatic rings. The van der Waals surface area contributed by atoms with Gasteiger partial charge in [-0.15, -0.1) is 0 Å². The Morgan fingerprint density at radius 2 is 1.27 bits per heavy atom. The predicted octanol–water partition coefficient (Wildman–Crippen LogP) is 7.28. The normalized spacial score (nSPS) is 14.8. The third kappa shape index (κ3) is 2.80. The van der Waals surface area contributed by atoms with Crippen molar-refractivity contribution in [3.8, 4) is 5.75 Å². The zero-order valence-corrected chi connectivity index (χ0v) is 17.6. The van der Waals surface area contributed by atoms with Gasteiger partial charge in [0.25, 0.3) is 0 Å². The number of para-hydroxylation sites is 2. The van der Waals surface area contributed by atoms with Gasteiger partial charge in [-0.3, -0.25) is 0 Å². The molecule has 0 fully saturated rings. The minimum atomic E-state index is 0.119. The van der Waals surface area contributed by atoms with Crippen LogP contribution in [0.3, 0.4) is 0 Å². The molecule has 2 nitrogen and oxygen atoms in total. The number of ether oxygens (including phenoxy) is 1. The molecule has 4 aromatic carbocycles. The van der Waals surface area contributed by atoms with Gasteiger partial charge in [0.15, 0.2) is 0 Å². The van der Waals surface area contributed by atoms with E-state index in [4.69, 9.17) is 4.74 Å². The highest BCUT2D eigenvalue weighted by Crippen LogP contribution is 2.54. The van der Waals surface area contributed by atoms with Crippen LogP contribution in [0, 0.1) is 13.8 Å². The number of methoxy groups -OCH3 is 1. The molecule has 0 radical (unpaired) electrons. The number of fused-ring (bicyclic) bond motifs is 2.